The lowest BCUT2D eigenvalue weighted by atomic mass is 9.90. The van der Waals surface area contributed by atoms with E-state index < -0.39 is 15.8 Å². The average Bonchev–Trinajstić information content (AvgIpc) is 3.25. The molecule has 2 aliphatic carbocycles. The van der Waals surface area contributed by atoms with E-state index in [1.807, 2.05) is 0 Å². The van der Waals surface area contributed by atoms with Crippen LogP contribution in [0.5, 0.6) is 0 Å². The normalized spacial score (nSPS) is 26.1. The lowest BCUT2D eigenvalue weighted by Gasteiger charge is -2.20. The zero-order valence-electron chi connectivity index (χ0n) is 13.5. The van der Waals surface area contributed by atoms with Gasteiger partial charge in [0.2, 0.25) is 15.0 Å². The molecule has 2 fully saturated rings. The summed E-state index contributed by atoms with van der Waals surface area (Å²) in [7, 11) is -3.54. The Morgan fingerprint density at radius 3 is 2.83 bits per heavy atom. The van der Waals surface area contributed by atoms with Crippen LogP contribution in [-0.4, -0.2) is 36.6 Å². The molecule has 4 rings (SSSR count). The number of nitrogens with zero attached hydrogens (tertiary/aromatic N) is 2. The fraction of sp³-hybridized carbons (Fsp3) is 0.529. The summed E-state index contributed by atoms with van der Waals surface area (Å²) in [6.45, 7) is 0.403. The lowest BCUT2D eigenvalue weighted by molar-refractivity contribution is 0.0390. The highest BCUT2D eigenvalue weighted by Gasteiger charge is 2.40. The minimum Gasteiger partial charge on any atom is -0.461 e. The second-order valence-corrected chi connectivity index (χ2v) is 8.91. The number of carbonyl (C=O) groups excluding carboxylic acids is 1. The van der Waals surface area contributed by atoms with Crippen molar-refractivity contribution in [3.8, 4) is 0 Å². The number of fused-ring (bicyclic) bond motifs is 3. The lowest BCUT2D eigenvalue weighted by Crippen LogP contribution is -2.19. The van der Waals surface area contributed by atoms with E-state index in [1.54, 1.807) is 24.4 Å². The van der Waals surface area contributed by atoms with Gasteiger partial charge in [-0.1, -0.05) is 12.5 Å². The van der Waals surface area contributed by atoms with Gasteiger partial charge in [-0.3, -0.25) is 4.40 Å². The Bertz CT molecular complexity index is 902. The number of sulfone groups is 1. The highest BCUT2D eigenvalue weighted by atomic mass is 32.2. The molecule has 2 aromatic heterocycles. The van der Waals surface area contributed by atoms with Crippen LogP contribution in [0, 0.1) is 17.8 Å². The quantitative estimate of drug-likeness (QED) is 0.793. The molecule has 0 saturated heterocycles. The molecule has 2 heterocycles. The molecule has 2 saturated carbocycles. The van der Waals surface area contributed by atoms with Gasteiger partial charge in [0.05, 0.1) is 12.1 Å². The number of hydrogen-bond donors (Lipinski definition) is 0. The third-order valence-electron chi connectivity index (χ3n) is 5.35. The maximum atomic E-state index is 12.5. The first kappa shape index (κ1) is 15.6. The van der Waals surface area contributed by atoms with Crippen molar-refractivity contribution < 1.29 is 17.9 Å². The summed E-state index contributed by atoms with van der Waals surface area (Å²) in [5.74, 6) is 1.37. The van der Waals surface area contributed by atoms with Gasteiger partial charge in [0.15, 0.2) is 5.69 Å². The first-order valence-corrected chi connectivity index (χ1v) is 10.2. The first-order chi connectivity index (χ1) is 11.4. The largest absolute Gasteiger partial charge is 0.461 e. The topological polar surface area (TPSA) is 77.7 Å². The van der Waals surface area contributed by atoms with Gasteiger partial charge in [-0.15, -0.1) is 0 Å². The molecule has 2 aromatic rings. The van der Waals surface area contributed by atoms with Crippen LogP contribution in [0.2, 0.25) is 0 Å². The molecule has 0 spiro atoms. The first-order valence-electron chi connectivity index (χ1n) is 8.28. The summed E-state index contributed by atoms with van der Waals surface area (Å²) in [5.41, 5.74) is 0.523. The van der Waals surface area contributed by atoms with E-state index in [9.17, 15) is 13.2 Å². The molecule has 2 aliphatic rings. The second kappa shape index (κ2) is 5.58. The smallest absolute Gasteiger partial charge is 0.359 e. The van der Waals surface area contributed by atoms with Crippen LogP contribution >= 0.6 is 0 Å². The highest BCUT2D eigenvalue weighted by molar-refractivity contribution is 7.90. The van der Waals surface area contributed by atoms with Crippen molar-refractivity contribution in [3.63, 3.8) is 0 Å². The minimum absolute atomic E-state index is 0.0687. The van der Waals surface area contributed by atoms with Crippen molar-refractivity contribution in [1.82, 2.24) is 9.38 Å². The number of carbonyl (C=O) groups is 1. The predicted octanol–water partition coefficient (Wildman–Crippen LogP) is 2.33. The van der Waals surface area contributed by atoms with Crippen molar-refractivity contribution in [3.05, 3.63) is 30.1 Å². The summed E-state index contributed by atoms with van der Waals surface area (Å²) >= 11 is 0. The van der Waals surface area contributed by atoms with Crippen LogP contribution in [0.4, 0.5) is 0 Å². The summed E-state index contributed by atoms with van der Waals surface area (Å²) < 4.78 is 30.7. The van der Waals surface area contributed by atoms with E-state index >= 15 is 0 Å². The van der Waals surface area contributed by atoms with Crippen LogP contribution in [0.3, 0.4) is 0 Å². The van der Waals surface area contributed by atoms with Crippen molar-refractivity contribution in [1.29, 1.82) is 0 Å². The fourth-order valence-corrected chi connectivity index (χ4v) is 5.03. The van der Waals surface area contributed by atoms with Crippen LogP contribution in [0.25, 0.3) is 5.52 Å². The van der Waals surface area contributed by atoms with E-state index in [4.69, 9.17) is 4.74 Å². The maximum Gasteiger partial charge on any atom is 0.359 e. The highest BCUT2D eigenvalue weighted by Crippen LogP contribution is 2.48. The van der Waals surface area contributed by atoms with Crippen LogP contribution in [0.15, 0.2) is 29.6 Å². The number of pyridine rings is 1. The monoisotopic (exact) mass is 348 g/mol. The fourth-order valence-electron chi connectivity index (χ4n) is 4.25. The molecular weight excluding hydrogens is 328 g/mol. The van der Waals surface area contributed by atoms with Crippen molar-refractivity contribution in [2.45, 2.75) is 30.8 Å². The summed E-state index contributed by atoms with van der Waals surface area (Å²) in [6, 6.07) is 5.12. The number of hydrogen-bond acceptors (Lipinski definition) is 5. The second-order valence-electron chi connectivity index (χ2n) is 7.00. The molecule has 0 N–H and O–H groups in total. The van der Waals surface area contributed by atoms with Gasteiger partial charge in [-0.25, -0.2) is 18.2 Å². The Kier molecular flexibility index (Phi) is 3.63. The maximum absolute atomic E-state index is 12.5. The number of imidazole rings is 1. The van der Waals surface area contributed by atoms with E-state index in [2.05, 4.69) is 4.98 Å². The van der Waals surface area contributed by atoms with Crippen LogP contribution in [-0.2, 0) is 14.6 Å². The third kappa shape index (κ3) is 2.60. The van der Waals surface area contributed by atoms with E-state index in [1.165, 1.54) is 23.7 Å². The Balaban J connectivity index is 1.58. The number of aromatic nitrogens is 2. The molecule has 6 nitrogen and oxygen atoms in total. The van der Waals surface area contributed by atoms with Crippen molar-refractivity contribution in [2.24, 2.45) is 17.8 Å². The molecule has 128 valence electrons. The number of rotatable bonds is 4. The molecular formula is C17H20N2O4S. The van der Waals surface area contributed by atoms with E-state index in [0.29, 0.717) is 24.0 Å². The van der Waals surface area contributed by atoms with Crippen molar-refractivity contribution in [2.75, 3.05) is 12.9 Å². The molecule has 0 radical (unpaired) electrons. The van der Waals surface area contributed by atoms with Gasteiger partial charge < -0.3 is 4.74 Å². The van der Waals surface area contributed by atoms with Gasteiger partial charge >= 0.3 is 5.97 Å². The van der Waals surface area contributed by atoms with Crippen molar-refractivity contribution >= 4 is 21.3 Å². The van der Waals surface area contributed by atoms with Gasteiger partial charge in [0, 0.05) is 12.5 Å². The molecule has 3 atom stereocenters. The van der Waals surface area contributed by atoms with Gasteiger partial charge in [0.1, 0.15) is 0 Å². The van der Waals surface area contributed by atoms with E-state index in [0.717, 1.165) is 18.6 Å². The SMILES string of the molecule is CS(=O)(=O)c1nc(C(=O)OCC2CC3CCC2C3)c2ccccn12. The summed E-state index contributed by atoms with van der Waals surface area (Å²) in [4.78, 5) is 16.5. The average molecular weight is 348 g/mol. The number of ether oxygens (including phenoxy) is 1. The summed E-state index contributed by atoms with van der Waals surface area (Å²) in [5, 5.41) is -0.134. The minimum atomic E-state index is -3.54. The third-order valence-corrected chi connectivity index (χ3v) is 6.31. The summed E-state index contributed by atoms with van der Waals surface area (Å²) in [6.07, 6.45) is 7.60. The van der Waals surface area contributed by atoms with Crippen LogP contribution < -0.4 is 0 Å². The van der Waals surface area contributed by atoms with Crippen LogP contribution in [0.1, 0.15) is 36.2 Å². The molecule has 2 bridgehead atoms. The number of esters is 1. The zero-order valence-corrected chi connectivity index (χ0v) is 14.3. The molecule has 0 aliphatic heterocycles. The molecule has 0 aromatic carbocycles. The zero-order chi connectivity index (χ0) is 16.9. The Hall–Kier alpha value is -1.89. The molecule has 3 unspecified atom stereocenters. The Morgan fingerprint density at radius 2 is 2.17 bits per heavy atom. The Labute approximate surface area is 140 Å². The molecule has 7 heteroatoms. The Morgan fingerprint density at radius 1 is 1.33 bits per heavy atom. The predicted molar refractivity (Wildman–Crippen MR) is 87.5 cm³/mol. The van der Waals surface area contributed by atoms with Gasteiger partial charge in [-0.2, -0.15) is 0 Å². The molecule has 24 heavy (non-hydrogen) atoms. The van der Waals surface area contributed by atoms with Gasteiger partial charge in [0.25, 0.3) is 0 Å². The van der Waals surface area contributed by atoms with E-state index in [-0.39, 0.29) is 10.9 Å². The standard InChI is InChI=1S/C17H20N2O4S/c1-24(21,22)17-18-15(14-4-2-3-7-19(14)17)16(20)23-10-13-9-11-5-6-12(13)8-11/h2-4,7,11-13H,5-6,8-10H2,1H3. The molecule has 0 amide bonds. The van der Waals surface area contributed by atoms with Gasteiger partial charge in [-0.05, 0) is 49.1 Å².